The highest BCUT2D eigenvalue weighted by atomic mass is 35.5. The Kier molecular flexibility index (Phi) is 3.18. The van der Waals surface area contributed by atoms with Gasteiger partial charge in [-0.15, -0.1) is 12.4 Å². The fourth-order valence-corrected chi connectivity index (χ4v) is 1.67. The van der Waals surface area contributed by atoms with Crippen LogP contribution >= 0.6 is 12.4 Å². The molecule has 15 heavy (non-hydrogen) atoms. The van der Waals surface area contributed by atoms with Crippen LogP contribution in [0.4, 0.5) is 18.9 Å². The molecule has 1 aromatic rings. The molecule has 3 nitrogen and oxygen atoms in total. The highest BCUT2D eigenvalue weighted by Crippen LogP contribution is 2.32. The van der Waals surface area contributed by atoms with Crippen molar-refractivity contribution in [1.29, 1.82) is 0 Å². The maximum Gasteiger partial charge on any atom is 0.408 e. The smallest absolute Gasteiger partial charge is 0.371 e. The first kappa shape index (κ1) is 12.2. The van der Waals surface area contributed by atoms with Gasteiger partial charge in [-0.05, 0) is 12.8 Å². The Morgan fingerprint density at radius 3 is 2.80 bits per heavy atom. The van der Waals surface area contributed by atoms with Crippen molar-refractivity contribution in [3.05, 3.63) is 11.9 Å². The van der Waals surface area contributed by atoms with Crippen molar-refractivity contribution < 1.29 is 13.2 Å². The van der Waals surface area contributed by atoms with E-state index in [1.807, 2.05) is 0 Å². The highest BCUT2D eigenvalue weighted by Gasteiger charge is 2.41. The molecule has 0 aliphatic carbocycles. The van der Waals surface area contributed by atoms with Crippen LogP contribution in [0, 0.1) is 0 Å². The summed E-state index contributed by atoms with van der Waals surface area (Å²) in [6, 6.07) is -1.43. The number of halogens is 4. The Bertz CT molecular complexity index is 347. The van der Waals surface area contributed by atoms with Crippen LogP contribution in [-0.2, 0) is 13.5 Å². The lowest BCUT2D eigenvalue weighted by molar-refractivity contribution is -0.144. The number of aryl methyl sites for hydroxylation is 1. The first-order chi connectivity index (χ1) is 6.48. The van der Waals surface area contributed by atoms with E-state index >= 15 is 0 Å². The van der Waals surface area contributed by atoms with E-state index < -0.39 is 12.2 Å². The molecule has 0 saturated heterocycles. The molecule has 86 valence electrons. The summed E-state index contributed by atoms with van der Waals surface area (Å²) in [5.74, 6) is 0. The minimum Gasteiger partial charge on any atom is -0.371 e. The standard InChI is InChI=1S/C8H10F3N3.ClH/c1-14-6-2-3-7(8(9,10)11)13-5(6)4-12-14;/h4,7,13H,2-3H2,1H3;1H. The number of hydrogen-bond acceptors (Lipinski definition) is 2. The third-order valence-electron chi connectivity index (χ3n) is 2.46. The van der Waals surface area contributed by atoms with Crippen molar-refractivity contribution in [2.45, 2.75) is 25.1 Å². The molecule has 1 atom stereocenters. The molecule has 0 aromatic carbocycles. The predicted octanol–water partition coefficient (Wildman–Crippen LogP) is 2.13. The van der Waals surface area contributed by atoms with Crippen LogP contribution in [0.3, 0.4) is 0 Å². The van der Waals surface area contributed by atoms with Crippen molar-refractivity contribution in [2.75, 3.05) is 5.32 Å². The van der Waals surface area contributed by atoms with E-state index in [2.05, 4.69) is 10.4 Å². The van der Waals surface area contributed by atoms with Gasteiger partial charge in [-0.1, -0.05) is 0 Å². The molecular weight excluding hydrogens is 231 g/mol. The molecule has 0 fully saturated rings. The zero-order valence-electron chi connectivity index (χ0n) is 8.01. The number of hydrogen-bond donors (Lipinski definition) is 1. The topological polar surface area (TPSA) is 29.9 Å². The number of rotatable bonds is 0. The molecule has 0 spiro atoms. The molecule has 1 unspecified atom stereocenters. The summed E-state index contributed by atoms with van der Waals surface area (Å²) in [5, 5.41) is 6.35. The van der Waals surface area contributed by atoms with E-state index in [1.54, 1.807) is 11.7 Å². The summed E-state index contributed by atoms with van der Waals surface area (Å²) in [6.45, 7) is 0. The summed E-state index contributed by atoms with van der Waals surface area (Å²) in [7, 11) is 1.73. The van der Waals surface area contributed by atoms with Gasteiger partial charge in [-0.25, -0.2) is 0 Å². The normalized spacial score (nSPS) is 20.1. The number of nitrogens with zero attached hydrogens (tertiary/aromatic N) is 2. The number of nitrogens with one attached hydrogen (secondary N) is 1. The fraction of sp³-hybridized carbons (Fsp3) is 0.625. The van der Waals surface area contributed by atoms with Gasteiger partial charge in [0.2, 0.25) is 0 Å². The van der Waals surface area contributed by atoms with Gasteiger partial charge >= 0.3 is 6.18 Å². The molecule has 0 bridgehead atoms. The Morgan fingerprint density at radius 2 is 2.20 bits per heavy atom. The van der Waals surface area contributed by atoms with E-state index in [4.69, 9.17) is 0 Å². The van der Waals surface area contributed by atoms with Gasteiger partial charge in [0.25, 0.3) is 0 Å². The maximum absolute atomic E-state index is 12.4. The second-order valence-electron chi connectivity index (χ2n) is 3.41. The van der Waals surface area contributed by atoms with E-state index in [0.29, 0.717) is 12.1 Å². The molecule has 1 aliphatic rings. The van der Waals surface area contributed by atoms with Crippen LogP contribution in [0.15, 0.2) is 6.20 Å². The van der Waals surface area contributed by atoms with Crippen LogP contribution in [0.25, 0.3) is 0 Å². The molecule has 2 rings (SSSR count). The molecular formula is C8H11ClF3N3. The van der Waals surface area contributed by atoms with Gasteiger partial charge in [0.1, 0.15) is 6.04 Å². The van der Waals surface area contributed by atoms with Gasteiger partial charge in [0, 0.05) is 7.05 Å². The van der Waals surface area contributed by atoms with Crippen molar-refractivity contribution in [3.8, 4) is 0 Å². The third-order valence-corrected chi connectivity index (χ3v) is 2.46. The van der Waals surface area contributed by atoms with Crippen LogP contribution < -0.4 is 5.32 Å². The van der Waals surface area contributed by atoms with Gasteiger partial charge < -0.3 is 5.32 Å². The maximum atomic E-state index is 12.4. The molecule has 2 heterocycles. The Balaban J connectivity index is 0.00000112. The van der Waals surface area contributed by atoms with E-state index in [-0.39, 0.29) is 18.8 Å². The summed E-state index contributed by atoms with van der Waals surface area (Å²) in [5.41, 5.74) is 1.34. The second kappa shape index (κ2) is 3.92. The van der Waals surface area contributed by atoms with E-state index in [9.17, 15) is 13.2 Å². The highest BCUT2D eigenvalue weighted by molar-refractivity contribution is 5.85. The number of anilines is 1. The summed E-state index contributed by atoms with van der Waals surface area (Å²) < 4.78 is 38.7. The Morgan fingerprint density at radius 1 is 1.53 bits per heavy atom. The second-order valence-corrected chi connectivity index (χ2v) is 3.41. The van der Waals surface area contributed by atoms with E-state index in [0.717, 1.165) is 5.69 Å². The summed E-state index contributed by atoms with van der Waals surface area (Å²) >= 11 is 0. The zero-order valence-corrected chi connectivity index (χ0v) is 8.82. The third kappa shape index (κ3) is 2.19. The minimum absolute atomic E-state index is 0. The van der Waals surface area contributed by atoms with Crippen molar-refractivity contribution in [1.82, 2.24) is 9.78 Å². The van der Waals surface area contributed by atoms with Crippen molar-refractivity contribution in [2.24, 2.45) is 7.05 Å². The lowest BCUT2D eigenvalue weighted by Crippen LogP contribution is -2.39. The van der Waals surface area contributed by atoms with Crippen LogP contribution in [0.2, 0.25) is 0 Å². The average molecular weight is 242 g/mol. The number of aromatic nitrogens is 2. The first-order valence-corrected chi connectivity index (χ1v) is 4.32. The first-order valence-electron chi connectivity index (χ1n) is 4.32. The lowest BCUT2D eigenvalue weighted by Gasteiger charge is -2.26. The summed E-state index contributed by atoms with van der Waals surface area (Å²) in [6.07, 6.45) is -2.24. The number of fused-ring (bicyclic) bond motifs is 1. The largest absolute Gasteiger partial charge is 0.408 e. The zero-order chi connectivity index (χ0) is 10.3. The molecule has 1 aromatic heterocycles. The van der Waals surface area contributed by atoms with Gasteiger partial charge in [-0.3, -0.25) is 4.68 Å². The Labute approximate surface area is 91.1 Å². The van der Waals surface area contributed by atoms with Crippen LogP contribution in [0.5, 0.6) is 0 Å². The molecule has 1 aliphatic heterocycles. The molecule has 0 amide bonds. The van der Waals surface area contributed by atoms with Gasteiger partial charge in [-0.2, -0.15) is 18.3 Å². The lowest BCUT2D eigenvalue weighted by atomic mass is 10.0. The van der Waals surface area contributed by atoms with Crippen LogP contribution in [-0.4, -0.2) is 22.0 Å². The van der Waals surface area contributed by atoms with Crippen molar-refractivity contribution in [3.63, 3.8) is 0 Å². The average Bonchev–Trinajstić information content (AvgIpc) is 2.46. The Hall–Kier alpha value is -0.910. The molecule has 0 radical (unpaired) electrons. The quantitative estimate of drug-likeness (QED) is 0.754. The number of alkyl halides is 3. The van der Waals surface area contributed by atoms with Crippen molar-refractivity contribution >= 4 is 18.1 Å². The van der Waals surface area contributed by atoms with Crippen LogP contribution in [0.1, 0.15) is 12.1 Å². The molecule has 0 saturated carbocycles. The monoisotopic (exact) mass is 241 g/mol. The summed E-state index contributed by atoms with van der Waals surface area (Å²) in [4.78, 5) is 0. The minimum atomic E-state index is -4.17. The SMILES string of the molecule is Cl.Cn1ncc2c1CCC(C(F)(F)F)N2. The molecule has 7 heteroatoms. The van der Waals surface area contributed by atoms with Gasteiger partial charge in [0.05, 0.1) is 17.6 Å². The van der Waals surface area contributed by atoms with E-state index in [1.165, 1.54) is 6.20 Å². The fourth-order valence-electron chi connectivity index (χ4n) is 1.67. The predicted molar refractivity (Wildman–Crippen MR) is 52.2 cm³/mol. The van der Waals surface area contributed by atoms with Gasteiger partial charge in [0.15, 0.2) is 0 Å². The molecule has 1 N–H and O–H groups in total.